The number of hydrogen-bond acceptors (Lipinski definition) is 6. The van der Waals surface area contributed by atoms with Gasteiger partial charge in [0.2, 0.25) is 29.9 Å². The third-order valence-electron chi connectivity index (χ3n) is 6.92. The summed E-state index contributed by atoms with van der Waals surface area (Å²) in [5.74, 6) is -3.05. The highest BCUT2D eigenvalue weighted by Gasteiger charge is 2.36. The van der Waals surface area contributed by atoms with Gasteiger partial charge in [-0.25, -0.2) is 0 Å². The Hall–Kier alpha value is -3.76. The zero-order chi connectivity index (χ0) is 26.9. The molecular formula is C26H35N5O6. The molecule has 11 nitrogen and oxygen atoms in total. The van der Waals surface area contributed by atoms with E-state index in [1.54, 1.807) is 44.4 Å². The summed E-state index contributed by atoms with van der Waals surface area (Å²) in [5.41, 5.74) is 0.580. The number of likely N-dealkylation sites (tertiary alicyclic amines) is 1. The molecule has 200 valence electrons. The number of amides is 5. The van der Waals surface area contributed by atoms with Gasteiger partial charge in [0.25, 0.3) is 5.91 Å². The lowest BCUT2D eigenvalue weighted by Gasteiger charge is -2.30. The number of carbonyl (C=O) groups is 6. The van der Waals surface area contributed by atoms with Crippen molar-refractivity contribution in [2.45, 2.75) is 56.7 Å². The predicted molar refractivity (Wildman–Crippen MR) is 134 cm³/mol. The number of carbonyl (C=O) groups excluding carboxylic acids is 6. The Kier molecular flexibility index (Phi) is 9.76. The molecule has 3 rings (SSSR count). The molecule has 3 unspecified atom stereocenters. The number of nitrogens with one attached hydrogen (secondary N) is 3. The number of Topliss-reactive ketones (excluding diaryl/α,β-unsaturated/α-hetero) is 1. The normalized spacial score (nSPS) is 18.6. The highest BCUT2D eigenvalue weighted by molar-refractivity contribution is 6.38. The van der Waals surface area contributed by atoms with Crippen LogP contribution in [-0.4, -0.2) is 84.9 Å². The van der Waals surface area contributed by atoms with Gasteiger partial charge in [0, 0.05) is 20.6 Å². The third kappa shape index (κ3) is 7.37. The molecule has 2 fully saturated rings. The van der Waals surface area contributed by atoms with Gasteiger partial charge in [0.1, 0.15) is 12.1 Å². The zero-order valence-corrected chi connectivity index (χ0v) is 21.3. The van der Waals surface area contributed by atoms with E-state index in [1.807, 2.05) is 0 Å². The summed E-state index contributed by atoms with van der Waals surface area (Å²) in [5, 5.41) is 7.59. The van der Waals surface area contributed by atoms with Gasteiger partial charge < -0.3 is 25.8 Å². The monoisotopic (exact) mass is 513 g/mol. The quantitative estimate of drug-likeness (QED) is 0.263. The highest BCUT2D eigenvalue weighted by Crippen LogP contribution is 2.31. The van der Waals surface area contributed by atoms with Crippen molar-refractivity contribution >= 4 is 35.8 Å². The van der Waals surface area contributed by atoms with Crippen molar-refractivity contribution in [1.82, 2.24) is 25.8 Å². The zero-order valence-electron chi connectivity index (χ0n) is 21.3. The van der Waals surface area contributed by atoms with E-state index in [-0.39, 0.29) is 11.8 Å². The topological polar surface area (TPSA) is 145 Å². The minimum Gasteiger partial charge on any atom is -0.347 e. The molecule has 1 saturated carbocycles. The molecule has 3 atom stereocenters. The summed E-state index contributed by atoms with van der Waals surface area (Å²) >= 11 is 0. The van der Waals surface area contributed by atoms with E-state index in [0.29, 0.717) is 37.8 Å². The van der Waals surface area contributed by atoms with Crippen molar-refractivity contribution < 1.29 is 28.8 Å². The van der Waals surface area contributed by atoms with Crippen LogP contribution in [0, 0.1) is 5.92 Å². The smallest absolute Gasteiger partial charge is 0.290 e. The van der Waals surface area contributed by atoms with Gasteiger partial charge in [-0.05, 0) is 30.7 Å². The van der Waals surface area contributed by atoms with Crippen LogP contribution in [0.2, 0.25) is 0 Å². The molecule has 1 aromatic carbocycles. The Morgan fingerprint density at radius 3 is 2.32 bits per heavy atom. The van der Waals surface area contributed by atoms with Crippen molar-refractivity contribution in [2.75, 3.05) is 27.2 Å². The van der Waals surface area contributed by atoms with E-state index >= 15 is 0 Å². The number of likely N-dealkylation sites (N-methyl/N-ethyl adjacent to an activating group) is 1. The molecule has 11 heteroatoms. The molecule has 37 heavy (non-hydrogen) atoms. The molecule has 0 spiro atoms. The number of ketones is 1. The standard InChI is InChI=1S/C26H35N5O6/c1-30(2)26(37)22(18-10-4-3-5-11-18)29-21(33)15-27-25(36)23(34)19(14-17-8-6-9-17)28-24(35)20-12-7-13-31(20)16-32/h3-5,10-11,16-17,19-20,22H,6-9,12-15H2,1-2H3,(H,27,36)(H,28,35)(H,29,33). The maximum atomic E-state index is 13.0. The summed E-state index contributed by atoms with van der Waals surface area (Å²) in [7, 11) is 3.14. The molecule has 2 aliphatic rings. The van der Waals surface area contributed by atoms with Crippen molar-refractivity contribution in [3.05, 3.63) is 35.9 Å². The highest BCUT2D eigenvalue weighted by atomic mass is 16.2. The van der Waals surface area contributed by atoms with Crippen LogP contribution in [0.5, 0.6) is 0 Å². The van der Waals surface area contributed by atoms with Gasteiger partial charge in [0.05, 0.1) is 12.6 Å². The van der Waals surface area contributed by atoms with Crippen molar-refractivity contribution in [2.24, 2.45) is 5.92 Å². The lowest BCUT2D eigenvalue weighted by atomic mass is 9.80. The second kappa shape index (κ2) is 13.0. The van der Waals surface area contributed by atoms with Crippen LogP contribution in [0.25, 0.3) is 0 Å². The number of benzene rings is 1. The van der Waals surface area contributed by atoms with Crippen LogP contribution < -0.4 is 16.0 Å². The predicted octanol–water partition coefficient (Wildman–Crippen LogP) is -0.0868. The third-order valence-corrected chi connectivity index (χ3v) is 6.92. The first-order valence-electron chi connectivity index (χ1n) is 12.6. The Morgan fingerprint density at radius 1 is 1.03 bits per heavy atom. The van der Waals surface area contributed by atoms with Gasteiger partial charge in [-0.2, -0.15) is 0 Å². The first-order chi connectivity index (χ1) is 17.7. The Labute approximate surface area is 216 Å². The molecule has 5 amide bonds. The molecular weight excluding hydrogens is 478 g/mol. The van der Waals surface area contributed by atoms with Crippen molar-refractivity contribution in [3.63, 3.8) is 0 Å². The molecule has 1 aliphatic carbocycles. The minimum atomic E-state index is -1.04. The van der Waals surface area contributed by atoms with Gasteiger partial charge in [-0.1, -0.05) is 49.6 Å². The fourth-order valence-corrected chi connectivity index (χ4v) is 4.57. The Bertz CT molecular complexity index is 1010. The van der Waals surface area contributed by atoms with E-state index in [2.05, 4.69) is 16.0 Å². The van der Waals surface area contributed by atoms with Gasteiger partial charge >= 0.3 is 0 Å². The summed E-state index contributed by atoms with van der Waals surface area (Å²) in [6, 6.07) is 6.04. The molecule has 1 saturated heterocycles. The van der Waals surface area contributed by atoms with E-state index in [1.165, 1.54) is 9.80 Å². The Morgan fingerprint density at radius 2 is 1.73 bits per heavy atom. The van der Waals surface area contributed by atoms with Crippen LogP contribution in [0.3, 0.4) is 0 Å². The second-order valence-corrected chi connectivity index (χ2v) is 9.79. The number of rotatable bonds is 12. The van der Waals surface area contributed by atoms with Crippen LogP contribution in [0.15, 0.2) is 30.3 Å². The molecule has 0 bridgehead atoms. The Balaban J connectivity index is 1.60. The summed E-state index contributed by atoms with van der Waals surface area (Å²) < 4.78 is 0. The van der Waals surface area contributed by atoms with E-state index < -0.39 is 48.2 Å². The van der Waals surface area contributed by atoms with Crippen LogP contribution in [0.4, 0.5) is 0 Å². The number of hydrogen-bond donors (Lipinski definition) is 3. The number of nitrogens with zero attached hydrogens (tertiary/aromatic N) is 2. The van der Waals surface area contributed by atoms with E-state index in [0.717, 1.165) is 19.3 Å². The van der Waals surface area contributed by atoms with E-state index in [9.17, 15) is 28.8 Å². The lowest BCUT2D eigenvalue weighted by Crippen LogP contribution is -2.54. The fraction of sp³-hybridized carbons (Fsp3) is 0.538. The largest absolute Gasteiger partial charge is 0.347 e. The fourth-order valence-electron chi connectivity index (χ4n) is 4.57. The van der Waals surface area contributed by atoms with Gasteiger partial charge in [-0.15, -0.1) is 0 Å². The van der Waals surface area contributed by atoms with Gasteiger partial charge in [0.15, 0.2) is 0 Å². The van der Waals surface area contributed by atoms with Crippen molar-refractivity contribution in [1.29, 1.82) is 0 Å². The van der Waals surface area contributed by atoms with Crippen LogP contribution in [0.1, 0.15) is 50.1 Å². The summed E-state index contributed by atoms with van der Waals surface area (Å²) in [6.45, 7) is -0.0427. The second-order valence-electron chi connectivity index (χ2n) is 9.79. The summed E-state index contributed by atoms with van der Waals surface area (Å²) in [6.07, 6.45) is 4.98. The molecule has 0 radical (unpaired) electrons. The van der Waals surface area contributed by atoms with Gasteiger partial charge in [-0.3, -0.25) is 28.8 Å². The SMILES string of the molecule is CN(C)C(=O)C(NC(=O)CNC(=O)C(=O)C(CC1CCC1)NC(=O)C1CCCN1C=O)c1ccccc1. The molecule has 1 aliphatic heterocycles. The van der Waals surface area contributed by atoms with Crippen LogP contribution >= 0.6 is 0 Å². The van der Waals surface area contributed by atoms with Crippen LogP contribution in [-0.2, 0) is 28.8 Å². The molecule has 1 aromatic rings. The first-order valence-corrected chi connectivity index (χ1v) is 12.6. The molecule has 1 heterocycles. The van der Waals surface area contributed by atoms with Crippen molar-refractivity contribution in [3.8, 4) is 0 Å². The average Bonchev–Trinajstić information content (AvgIpc) is 3.36. The first kappa shape index (κ1) is 27.8. The maximum Gasteiger partial charge on any atom is 0.290 e. The minimum absolute atomic E-state index is 0.222. The van der Waals surface area contributed by atoms with E-state index in [4.69, 9.17) is 0 Å². The maximum absolute atomic E-state index is 13.0. The molecule has 0 aromatic heterocycles. The lowest BCUT2D eigenvalue weighted by molar-refractivity contribution is -0.142. The summed E-state index contributed by atoms with van der Waals surface area (Å²) in [4.78, 5) is 77.6. The molecule has 3 N–H and O–H groups in total. The average molecular weight is 514 g/mol.